The molecule has 0 saturated carbocycles. The number of rotatable bonds is 4. The van der Waals surface area contributed by atoms with E-state index in [1.54, 1.807) is 12.1 Å². The molecule has 0 unspecified atom stereocenters. The minimum atomic E-state index is 0.415. The molecule has 0 aliphatic carbocycles. The summed E-state index contributed by atoms with van der Waals surface area (Å²) < 4.78 is 0. The van der Waals surface area contributed by atoms with Crippen LogP contribution in [0.3, 0.4) is 0 Å². The summed E-state index contributed by atoms with van der Waals surface area (Å²) in [6, 6.07) is 7.26. The number of hydrogen-bond acceptors (Lipinski definition) is 4. The Kier molecular flexibility index (Phi) is 4.18. The lowest BCUT2D eigenvalue weighted by Crippen LogP contribution is -2.02. The molecule has 1 aromatic heterocycles. The minimum absolute atomic E-state index is 0.415. The van der Waals surface area contributed by atoms with Gasteiger partial charge < -0.3 is 11.1 Å². The van der Waals surface area contributed by atoms with Gasteiger partial charge in [-0.15, -0.1) is 0 Å². The molecule has 72 valence electrons. The fourth-order valence-corrected chi connectivity index (χ4v) is 0.938. The molecule has 1 rings (SSSR count). The van der Waals surface area contributed by atoms with Crippen molar-refractivity contribution < 1.29 is 0 Å². The number of nitriles is 1. The largest absolute Gasteiger partial charge is 0.367 e. The van der Waals surface area contributed by atoms with E-state index < -0.39 is 0 Å². The quantitative estimate of drug-likeness (QED) is 0.688. The second-order valence-electron chi connectivity index (χ2n) is 2.61. The van der Waals surface area contributed by atoms with Gasteiger partial charge >= 0.3 is 0 Å². The van der Waals surface area contributed by atoms with Gasteiger partial charge in [-0.3, -0.25) is 0 Å². The molecule has 14 heavy (non-hydrogen) atoms. The van der Waals surface area contributed by atoms with E-state index in [0.29, 0.717) is 24.6 Å². The van der Waals surface area contributed by atoms with E-state index in [-0.39, 0.29) is 0 Å². The third-order valence-electron chi connectivity index (χ3n) is 1.57. The average molecular weight is 188 g/mol. The van der Waals surface area contributed by atoms with Crippen LogP contribution in [0, 0.1) is 11.3 Å². The number of nitrogens with two attached hydrogens (primary N) is 1. The molecule has 0 amide bonds. The lowest BCUT2D eigenvalue weighted by Gasteiger charge is -2.01. The molecule has 0 bridgehead atoms. The second kappa shape index (κ2) is 5.73. The van der Waals surface area contributed by atoms with Gasteiger partial charge in [0.05, 0.1) is 0 Å². The van der Waals surface area contributed by atoms with Gasteiger partial charge in [0.25, 0.3) is 0 Å². The Labute approximate surface area is 83.1 Å². The van der Waals surface area contributed by atoms with Crippen LogP contribution in [0.5, 0.6) is 0 Å². The van der Waals surface area contributed by atoms with Gasteiger partial charge in [-0.25, -0.2) is 4.98 Å². The fourth-order valence-electron chi connectivity index (χ4n) is 0.938. The van der Waals surface area contributed by atoms with Crippen molar-refractivity contribution in [3.63, 3.8) is 0 Å². The molecule has 0 saturated heterocycles. The molecule has 4 nitrogen and oxygen atoms in total. The zero-order valence-corrected chi connectivity index (χ0v) is 7.77. The Morgan fingerprint density at radius 1 is 1.50 bits per heavy atom. The van der Waals surface area contributed by atoms with Crippen molar-refractivity contribution in [3.8, 4) is 6.07 Å². The summed E-state index contributed by atoms with van der Waals surface area (Å²) in [6.45, 7) is 1.20. The van der Waals surface area contributed by atoms with E-state index in [1.807, 2.05) is 24.3 Å². The second-order valence-corrected chi connectivity index (χ2v) is 2.61. The highest BCUT2D eigenvalue weighted by atomic mass is 15.0. The van der Waals surface area contributed by atoms with Crippen molar-refractivity contribution in [3.05, 3.63) is 36.0 Å². The van der Waals surface area contributed by atoms with Gasteiger partial charge in [0, 0.05) is 13.1 Å². The maximum atomic E-state index is 8.60. The van der Waals surface area contributed by atoms with E-state index in [0.717, 1.165) is 0 Å². The summed E-state index contributed by atoms with van der Waals surface area (Å²) in [7, 11) is 0. The van der Waals surface area contributed by atoms with Crippen molar-refractivity contribution >= 4 is 5.82 Å². The van der Waals surface area contributed by atoms with Gasteiger partial charge in [-0.1, -0.05) is 18.2 Å². The fraction of sp³-hybridized carbons (Fsp3) is 0.200. The molecule has 0 aliphatic heterocycles. The summed E-state index contributed by atoms with van der Waals surface area (Å²) in [4.78, 5) is 4.05. The maximum absolute atomic E-state index is 8.60. The molecule has 0 aromatic carbocycles. The van der Waals surface area contributed by atoms with Crippen molar-refractivity contribution in [2.45, 2.75) is 0 Å². The molecule has 0 fully saturated rings. The molecule has 0 atom stereocenters. The first-order chi connectivity index (χ1) is 6.86. The van der Waals surface area contributed by atoms with Crippen LogP contribution in [-0.2, 0) is 0 Å². The molecule has 0 aliphatic rings. The summed E-state index contributed by atoms with van der Waals surface area (Å²) in [5.41, 5.74) is 5.69. The van der Waals surface area contributed by atoms with Crippen LogP contribution in [0.1, 0.15) is 5.69 Å². The minimum Gasteiger partial charge on any atom is -0.367 e. The highest BCUT2D eigenvalue weighted by Gasteiger charge is 1.93. The van der Waals surface area contributed by atoms with Crippen LogP contribution in [0.15, 0.2) is 30.4 Å². The number of hydrogen-bond donors (Lipinski definition) is 2. The molecular formula is C10H12N4. The van der Waals surface area contributed by atoms with E-state index in [2.05, 4.69) is 10.3 Å². The average Bonchev–Trinajstić information content (AvgIpc) is 2.25. The SMILES string of the molecule is N#Cc1cccc(NC/C=C/CN)n1. The Morgan fingerprint density at radius 3 is 3.07 bits per heavy atom. The first-order valence-electron chi connectivity index (χ1n) is 4.33. The molecule has 3 N–H and O–H groups in total. The predicted molar refractivity (Wildman–Crippen MR) is 55.6 cm³/mol. The van der Waals surface area contributed by atoms with Gasteiger partial charge in [0.2, 0.25) is 0 Å². The summed E-state index contributed by atoms with van der Waals surface area (Å²) in [5, 5.41) is 11.7. The lowest BCUT2D eigenvalue weighted by atomic mass is 10.3. The molecule has 4 heteroatoms. The van der Waals surface area contributed by atoms with Crippen LogP contribution < -0.4 is 11.1 Å². The third-order valence-corrected chi connectivity index (χ3v) is 1.57. The van der Waals surface area contributed by atoms with Gasteiger partial charge in [0.15, 0.2) is 0 Å². The lowest BCUT2D eigenvalue weighted by molar-refractivity contribution is 1.18. The molecule has 1 aromatic rings. The molecule has 0 spiro atoms. The highest BCUT2D eigenvalue weighted by Crippen LogP contribution is 2.02. The van der Waals surface area contributed by atoms with E-state index >= 15 is 0 Å². The van der Waals surface area contributed by atoms with Crippen LogP contribution in [-0.4, -0.2) is 18.1 Å². The van der Waals surface area contributed by atoms with Crippen molar-refractivity contribution in [1.82, 2.24) is 4.98 Å². The number of anilines is 1. The Bertz CT molecular complexity index is 351. The summed E-state index contributed by atoms with van der Waals surface area (Å²) >= 11 is 0. The normalized spacial score (nSPS) is 10.0. The number of pyridine rings is 1. The van der Waals surface area contributed by atoms with E-state index in [1.165, 1.54) is 0 Å². The third kappa shape index (κ3) is 3.25. The first-order valence-corrected chi connectivity index (χ1v) is 4.33. The highest BCUT2D eigenvalue weighted by molar-refractivity contribution is 5.38. The van der Waals surface area contributed by atoms with Crippen molar-refractivity contribution in [2.75, 3.05) is 18.4 Å². The maximum Gasteiger partial charge on any atom is 0.142 e. The molecular weight excluding hydrogens is 176 g/mol. The van der Waals surface area contributed by atoms with E-state index in [9.17, 15) is 0 Å². The number of aromatic nitrogens is 1. The van der Waals surface area contributed by atoms with Crippen LogP contribution in [0.25, 0.3) is 0 Å². The zero-order valence-electron chi connectivity index (χ0n) is 7.77. The zero-order chi connectivity index (χ0) is 10.2. The monoisotopic (exact) mass is 188 g/mol. The topological polar surface area (TPSA) is 74.7 Å². The Morgan fingerprint density at radius 2 is 2.36 bits per heavy atom. The van der Waals surface area contributed by atoms with Crippen molar-refractivity contribution in [1.29, 1.82) is 5.26 Å². The van der Waals surface area contributed by atoms with Gasteiger partial charge in [-0.2, -0.15) is 5.26 Å². The van der Waals surface area contributed by atoms with Crippen LogP contribution >= 0.6 is 0 Å². The first kappa shape index (κ1) is 10.2. The van der Waals surface area contributed by atoms with Crippen LogP contribution in [0.4, 0.5) is 5.82 Å². The summed E-state index contributed by atoms with van der Waals surface area (Å²) in [6.07, 6.45) is 3.78. The Hall–Kier alpha value is -1.86. The number of nitrogens with zero attached hydrogens (tertiary/aromatic N) is 2. The van der Waals surface area contributed by atoms with Crippen LogP contribution in [0.2, 0.25) is 0 Å². The summed E-state index contributed by atoms with van der Waals surface area (Å²) in [5.74, 6) is 0.700. The van der Waals surface area contributed by atoms with Gasteiger partial charge in [-0.05, 0) is 12.1 Å². The Balaban J connectivity index is 2.51. The predicted octanol–water partition coefficient (Wildman–Crippen LogP) is 0.880. The van der Waals surface area contributed by atoms with Crippen molar-refractivity contribution in [2.24, 2.45) is 5.73 Å². The van der Waals surface area contributed by atoms with E-state index in [4.69, 9.17) is 11.0 Å². The van der Waals surface area contributed by atoms with Gasteiger partial charge in [0.1, 0.15) is 17.6 Å². The number of nitrogens with one attached hydrogen (secondary N) is 1. The standard InChI is InChI=1S/C10H12N4/c11-6-1-2-7-13-10-5-3-4-9(8-12)14-10/h1-5H,6-7,11H2,(H,13,14)/b2-1+. The molecule has 0 radical (unpaired) electrons. The smallest absolute Gasteiger partial charge is 0.142 e. The molecule has 1 heterocycles.